The van der Waals surface area contributed by atoms with Gasteiger partial charge in [-0.15, -0.1) is 0 Å². The van der Waals surface area contributed by atoms with E-state index in [-0.39, 0.29) is 19.8 Å². The van der Waals surface area contributed by atoms with Crippen molar-refractivity contribution in [2.24, 2.45) is 5.11 Å². The van der Waals surface area contributed by atoms with Gasteiger partial charge in [-0.2, -0.15) is 0 Å². The highest BCUT2D eigenvalue weighted by atomic mass is 19.1. The number of halogens is 2. The van der Waals surface area contributed by atoms with Gasteiger partial charge < -0.3 is 14.6 Å². The molecule has 2 rings (SSSR count). The highest BCUT2D eigenvalue weighted by molar-refractivity contribution is 5.92. The minimum absolute atomic E-state index is 0.125. The van der Waals surface area contributed by atoms with Crippen molar-refractivity contribution in [1.82, 2.24) is 0 Å². The maximum absolute atomic E-state index is 14.0. The summed E-state index contributed by atoms with van der Waals surface area (Å²) in [6.45, 7) is -0.663. The van der Waals surface area contributed by atoms with E-state index in [4.69, 9.17) is 10.3 Å². The molecule has 1 atom stereocenters. The first-order chi connectivity index (χ1) is 10.5. The minimum atomic E-state index is -1.22. The van der Waals surface area contributed by atoms with Gasteiger partial charge in [-0.3, -0.25) is 4.90 Å². The zero-order valence-electron chi connectivity index (χ0n) is 11.5. The molecule has 1 unspecified atom stereocenters. The minimum Gasteiger partial charge on any atom is -0.503 e. The Kier molecular flexibility index (Phi) is 4.64. The number of benzene rings is 1. The predicted molar refractivity (Wildman–Crippen MR) is 70.4 cm³/mol. The molecule has 0 saturated carbocycles. The normalized spacial score (nSPS) is 17.3. The Morgan fingerprint density at radius 1 is 1.64 bits per heavy atom. The van der Waals surface area contributed by atoms with Gasteiger partial charge in [-0.1, -0.05) is 5.11 Å². The van der Waals surface area contributed by atoms with Crippen LogP contribution in [-0.2, 0) is 16.1 Å². The van der Waals surface area contributed by atoms with E-state index in [2.05, 4.69) is 14.8 Å². The van der Waals surface area contributed by atoms with Crippen molar-refractivity contribution in [2.75, 3.05) is 25.2 Å². The second-order valence-corrected chi connectivity index (χ2v) is 4.47. The van der Waals surface area contributed by atoms with Crippen LogP contribution in [0, 0.1) is 11.6 Å². The molecule has 1 N–H and O–H groups in total. The van der Waals surface area contributed by atoms with Crippen LogP contribution in [0.5, 0.6) is 5.75 Å². The summed E-state index contributed by atoms with van der Waals surface area (Å²) in [6.07, 6.45) is -0.897. The number of azide groups is 1. The molecule has 22 heavy (non-hydrogen) atoms. The highest BCUT2D eigenvalue weighted by Gasteiger charge is 2.37. The van der Waals surface area contributed by atoms with Gasteiger partial charge in [0.2, 0.25) is 0 Å². The number of hydrogen-bond donors (Lipinski definition) is 1. The van der Waals surface area contributed by atoms with Crippen molar-refractivity contribution in [3.63, 3.8) is 0 Å². The van der Waals surface area contributed by atoms with Gasteiger partial charge in [-0.05, 0) is 5.53 Å². The number of carbonyl (C=O) groups is 1. The SMILES string of the molecule is COCc1c(F)cc(N2C(=O)OCC2CN=[N+]=[N-])c(O)c1F. The average molecular weight is 314 g/mol. The number of rotatable bonds is 5. The summed E-state index contributed by atoms with van der Waals surface area (Å²) in [5, 5.41) is 13.2. The molecule has 1 heterocycles. The van der Waals surface area contributed by atoms with Crippen molar-refractivity contribution in [3.8, 4) is 5.75 Å². The van der Waals surface area contributed by atoms with E-state index < -0.39 is 40.8 Å². The number of aromatic hydroxyl groups is 1. The van der Waals surface area contributed by atoms with Crippen LogP contribution < -0.4 is 4.90 Å². The molecule has 0 radical (unpaired) electrons. The molecule has 118 valence electrons. The van der Waals surface area contributed by atoms with E-state index in [0.717, 1.165) is 11.0 Å². The van der Waals surface area contributed by atoms with E-state index in [1.807, 2.05) is 0 Å². The van der Waals surface area contributed by atoms with Gasteiger partial charge in [0.15, 0.2) is 11.6 Å². The molecular formula is C12H12F2N4O4. The fraction of sp³-hybridized carbons (Fsp3) is 0.417. The molecule has 1 fully saturated rings. The summed E-state index contributed by atoms with van der Waals surface area (Å²) in [5.74, 6) is -3.10. The van der Waals surface area contributed by atoms with Gasteiger partial charge >= 0.3 is 6.09 Å². The molecule has 0 bridgehead atoms. The molecule has 1 amide bonds. The molecular weight excluding hydrogens is 302 g/mol. The topological polar surface area (TPSA) is 108 Å². The first-order valence-electron chi connectivity index (χ1n) is 6.16. The van der Waals surface area contributed by atoms with Gasteiger partial charge in [0.25, 0.3) is 0 Å². The number of anilines is 1. The van der Waals surface area contributed by atoms with Gasteiger partial charge in [0.05, 0.1) is 30.4 Å². The molecule has 1 aliphatic heterocycles. The lowest BCUT2D eigenvalue weighted by atomic mass is 10.1. The number of nitrogens with zero attached hydrogens (tertiary/aromatic N) is 4. The second kappa shape index (κ2) is 6.46. The summed E-state index contributed by atoms with van der Waals surface area (Å²) in [4.78, 5) is 15.1. The molecule has 8 nitrogen and oxygen atoms in total. The third-order valence-corrected chi connectivity index (χ3v) is 3.13. The lowest BCUT2D eigenvalue weighted by Gasteiger charge is -2.22. The molecule has 1 aliphatic rings. The Morgan fingerprint density at radius 3 is 3.00 bits per heavy atom. The van der Waals surface area contributed by atoms with Crippen LogP contribution in [0.2, 0.25) is 0 Å². The number of carbonyl (C=O) groups excluding carboxylic acids is 1. The Hall–Kier alpha value is -2.58. The summed E-state index contributed by atoms with van der Waals surface area (Å²) >= 11 is 0. The largest absolute Gasteiger partial charge is 0.503 e. The fourth-order valence-corrected chi connectivity index (χ4v) is 2.12. The highest BCUT2D eigenvalue weighted by Crippen LogP contribution is 2.37. The molecule has 10 heteroatoms. The Morgan fingerprint density at radius 2 is 2.36 bits per heavy atom. The first-order valence-corrected chi connectivity index (χ1v) is 6.16. The lowest BCUT2D eigenvalue weighted by Crippen LogP contribution is -2.35. The Labute approximate surface area is 123 Å². The van der Waals surface area contributed by atoms with Crippen molar-refractivity contribution < 1.29 is 28.2 Å². The first kappa shape index (κ1) is 15.8. The van der Waals surface area contributed by atoms with Gasteiger partial charge in [0.1, 0.15) is 12.4 Å². The monoisotopic (exact) mass is 314 g/mol. The van der Waals surface area contributed by atoms with Crippen LogP contribution in [0.15, 0.2) is 11.2 Å². The predicted octanol–water partition coefficient (Wildman–Crippen LogP) is 2.45. The van der Waals surface area contributed by atoms with E-state index in [1.54, 1.807) is 0 Å². The number of phenolic OH excluding ortho intramolecular Hbond substituents is 1. The van der Waals surface area contributed by atoms with Crippen molar-refractivity contribution >= 4 is 11.8 Å². The molecule has 0 aromatic heterocycles. The quantitative estimate of drug-likeness (QED) is 0.511. The van der Waals surface area contributed by atoms with Crippen molar-refractivity contribution in [2.45, 2.75) is 12.6 Å². The number of amides is 1. The Bertz CT molecular complexity index is 649. The van der Waals surface area contributed by atoms with Crippen LogP contribution in [0.4, 0.5) is 19.3 Å². The maximum Gasteiger partial charge on any atom is 0.414 e. The van der Waals surface area contributed by atoms with Crippen molar-refractivity contribution in [3.05, 3.63) is 33.7 Å². The van der Waals surface area contributed by atoms with Crippen LogP contribution in [0.1, 0.15) is 5.56 Å². The maximum atomic E-state index is 14.0. The number of phenols is 1. The average Bonchev–Trinajstić information content (AvgIpc) is 2.86. The summed E-state index contributed by atoms with van der Waals surface area (Å²) in [6, 6.07) is 0.0454. The standard InChI is InChI=1S/C12H12F2N4O4/c1-21-5-7-8(13)2-9(11(19)10(7)14)18-6(3-16-17-15)4-22-12(18)20/h2,6,19H,3-5H2,1H3. The fourth-order valence-electron chi connectivity index (χ4n) is 2.12. The molecule has 1 saturated heterocycles. The molecule has 0 aliphatic carbocycles. The van der Waals surface area contributed by atoms with Gasteiger partial charge in [-0.25, -0.2) is 13.6 Å². The number of cyclic esters (lactones) is 1. The smallest absolute Gasteiger partial charge is 0.414 e. The van der Waals surface area contributed by atoms with Crippen LogP contribution >= 0.6 is 0 Å². The van der Waals surface area contributed by atoms with Crippen LogP contribution in [0.3, 0.4) is 0 Å². The molecule has 1 aromatic carbocycles. The van der Waals surface area contributed by atoms with E-state index in [9.17, 15) is 18.7 Å². The van der Waals surface area contributed by atoms with Crippen LogP contribution in [-0.4, -0.2) is 37.5 Å². The number of hydrogen-bond acceptors (Lipinski definition) is 5. The lowest BCUT2D eigenvalue weighted by molar-refractivity contribution is 0.176. The molecule has 1 aromatic rings. The second-order valence-electron chi connectivity index (χ2n) is 4.47. The van der Waals surface area contributed by atoms with E-state index >= 15 is 0 Å². The summed E-state index contributed by atoms with van der Waals surface area (Å²) in [7, 11) is 1.25. The summed E-state index contributed by atoms with van der Waals surface area (Å²) < 4.78 is 37.4. The third kappa shape index (κ3) is 2.74. The number of methoxy groups -OCH3 is 1. The zero-order valence-corrected chi connectivity index (χ0v) is 11.5. The Balaban J connectivity index is 2.46. The van der Waals surface area contributed by atoms with E-state index in [1.165, 1.54) is 7.11 Å². The zero-order chi connectivity index (χ0) is 16.3. The van der Waals surface area contributed by atoms with E-state index in [0.29, 0.717) is 0 Å². The summed E-state index contributed by atoms with van der Waals surface area (Å²) in [5.41, 5.74) is 7.47. The van der Waals surface area contributed by atoms with Crippen LogP contribution in [0.25, 0.3) is 10.4 Å². The van der Waals surface area contributed by atoms with Gasteiger partial charge in [0, 0.05) is 18.1 Å². The number of ether oxygens (including phenoxy) is 2. The molecule has 0 spiro atoms. The third-order valence-electron chi connectivity index (χ3n) is 3.13. The van der Waals surface area contributed by atoms with Crippen molar-refractivity contribution in [1.29, 1.82) is 0 Å².